The summed E-state index contributed by atoms with van der Waals surface area (Å²) >= 11 is 0. The van der Waals surface area contributed by atoms with Crippen LogP contribution in [0.4, 0.5) is 0 Å². The molecule has 3 rings (SSSR count). The van der Waals surface area contributed by atoms with Gasteiger partial charge in [0.15, 0.2) is 23.0 Å². The smallest absolute Gasteiger partial charge is 0.161 e. The maximum absolute atomic E-state index is 8.94. The molecule has 0 spiro atoms. The molecule has 0 aliphatic heterocycles. The van der Waals surface area contributed by atoms with Crippen molar-refractivity contribution in [1.82, 2.24) is 0 Å². The van der Waals surface area contributed by atoms with E-state index in [4.69, 9.17) is 47.7 Å². The van der Waals surface area contributed by atoms with Crippen molar-refractivity contribution < 1.29 is 47.7 Å². The summed E-state index contributed by atoms with van der Waals surface area (Å²) in [5.41, 5.74) is 0. The van der Waals surface area contributed by atoms with Crippen molar-refractivity contribution in [2.45, 2.75) is 26.2 Å². The molecule has 0 saturated carbocycles. The lowest BCUT2D eigenvalue weighted by atomic mass is 10.1. The van der Waals surface area contributed by atoms with Crippen LogP contribution >= 0.6 is 0 Å². The van der Waals surface area contributed by atoms with Crippen LogP contribution in [0.25, 0.3) is 10.8 Å². The van der Waals surface area contributed by atoms with Crippen molar-refractivity contribution in [3.63, 3.8) is 0 Å². The van der Waals surface area contributed by atoms with Crippen LogP contribution in [0.1, 0.15) is 26.2 Å². The van der Waals surface area contributed by atoms with Crippen LogP contribution in [0.15, 0.2) is 60.1 Å². The molecule has 10 heteroatoms. The van der Waals surface area contributed by atoms with E-state index in [9.17, 15) is 0 Å². The van der Waals surface area contributed by atoms with Crippen LogP contribution < -0.4 is 9.47 Å². The SMILES string of the molecule is CCCOCCOCCOc1cc2ccccc2cc1OCCOCCOCCOCCOC1=CCCC=C1OCCO. The minimum Gasteiger partial charge on any atom is -0.488 e. The molecule has 0 unspecified atom stereocenters. The minimum absolute atomic E-state index is 0.0265. The number of hydrogen-bond donors (Lipinski definition) is 1. The van der Waals surface area contributed by atoms with Gasteiger partial charge in [-0.1, -0.05) is 31.2 Å². The quantitative estimate of drug-likeness (QED) is 0.152. The normalized spacial score (nSPS) is 13.1. The second kappa shape index (κ2) is 22.6. The Hall–Kier alpha value is -2.86. The van der Waals surface area contributed by atoms with Gasteiger partial charge in [0.1, 0.15) is 26.4 Å². The Labute approximate surface area is 255 Å². The molecule has 43 heavy (non-hydrogen) atoms. The fourth-order valence-electron chi connectivity index (χ4n) is 4.11. The second-order valence-electron chi connectivity index (χ2n) is 9.54. The van der Waals surface area contributed by atoms with Crippen molar-refractivity contribution in [2.24, 2.45) is 0 Å². The fourth-order valence-corrected chi connectivity index (χ4v) is 4.11. The standard InChI is InChI=1S/C33H48O10/c1-2-12-35-14-15-37-21-24-42-32-26-28-7-3-4-8-29(28)27-33(32)43-25-22-39-19-17-36-16-18-38-20-23-41-31-10-6-5-9-30(31)40-13-11-34/h3-4,7-10,26-27,34H,2,5-6,11-25H2,1H3. The summed E-state index contributed by atoms with van der Waals surface area (Å²) in [6.45, 7) is 8.66. The van der Waals surface area contributed by atoms with Crippen LogP contribution in [0, 0.1) is 0 Å². The zero-order valence-electron chi connectivity index (χ0n) is 25.5. The molecule has 1 aliphatic carbocycles. The third kappa shape index (κ3) is 14.4. The van der Waals surface area contributed by atoms with E-state index in [-0.39, 0.29) is 13.2 Å². The molecule has 1 N–H and O–H groups in total. The van der Waals surface area contributed by atoms with Gasteiger partial charge in [0.2, 0.25) is 0 Å². The topological polar surface area (TPSA) is 103 Å². The van der Waals surface area contributed by atoms with Crippen molar-refractivity contribution in [3.05, 3.63) is 60.1 Å². The van der Waals surface area contributed by atoms with Gasteiger partial charge in [0.25, 0.3) is 0 Å². The molecule has 240 valence electrons. The number of rotatable bonds is 26. The average Bonchev–Trinajstić information content (AvgIpc) is 3.04. The van der Waals surface area contributed by atoms with E-state index < -0.39 is 0 Å². The molecule has 0 atom stereocenters. The number of aliphatic hydroxyl groups excluding tert-OH is 1. The lowest BCUT2D eigenvalue weighted by Crippen LogP contribution is -2.14. The number of fused-ring (bicyclic) bond motifs is 1. The maximum Gasteiger partial charge on any atom is 0.161 e. The van der Waals surface area contributed by atoms with Gasteiger partial charge in [-0.3, -0.25) is 0 Å². The van der Waals surface area contributed by atoms with E-state index in [1.807, 2.05) is 42.5 Å². The van der Waals surface area contributed by atoms with Crippen molar-refractivity contribution >= 4 is 10.8 Å². The first-order valence-electron chi connectivity index (χ1n) is 15.3. The summed E-state index contributed by atoms with van der Waals surface area (Å²) < 4.78 is 51.1. The highest BCUT2D eigenvalue weighted by atomic mass is 16.6. The molecule has 2 aromatic rings. The second-order valence-corrected chi connectivity index (χ2v) is 9.54. The third-order valence-electron chi connectivity index (χ3n) is 6.15. The van der Waals surface area contributed by atoms with Crippen LogP contribution in [0.3, 0.4) is 0 Å². The van der Waals surface area contributed by atoms with Gasteiger partial charge in [0.05, 0.1) is 66.1 Å². The van der Waals surface area contributed by atoms with E-state index in [1.165, 1.54) is 0 Å². The van der Waals surface area contributed by atoms with E-state index in [2.05, 4.69) is 13.0 Å². The van der Waals surface area contributed by atoms with E-state index in [0.717, 1.165) is 36.6 Å². The first-order chi connectivity index (χ1) is 21.3. The largest absolute Gasteiger partial charge is 0.488 e. The number of benzene rings is 2. The van der Waals surface area contributed by atoms with Crippen LogP contribution in [-0.2, 0) is 33.2 Å². The molecule has 0 bridgehead atoms. The molecule has 10 nitrogen and oxygen atoms in total. The summed E-state index contributed by atoms with van der Waals surface area (Å²) in [6, 6.07) is 12.1. The lowest BCUT2D eigenvalue weighted by molar-refractivity contribution is 0.00000959. The van der Waals surface area contributed by atoms with Crippen molar-refractivity contribution in [1.29, 1.82) is 0 Å². The molecule has 0 fully saturated rings. The Kier molecular flexibility index (Phi) is 18.2. The van der Waals surface area contributed by atoms with Gasteiger partial charge in [-0.05, 0) is 54.3 Å². The lowest BCUT2D eigenvalue weighted by Gasteiger charge is -2.17. The first kappa shape index (κ1) is 34.6. The van der Waals surface area contributed by atoms with Gasteiger partial charge >= 0.3 is 0 Å². The Morgan fingerprint density at radius 1 is 0.512 bits per heavy atom. The van der Waals surface area contributed by atoms with Gasteiger partial charge < -0.3 is 47.7 Å². The molecule has 0 heterocycles. The number of aliphatic hydroxyl groups is 1. The number of ether oxygens (including phenoxy) is 9. The zero-order chi connectivity index (χ0) is 30.2. The number of hydrogen-bond acceptors (Lipinski definition) is 10. The Bertz CT molecular complexity index is 1070. The van der Waals surface area contributed by atoms with Gasteiger partial charge in [0, 0.05) is 6.61 Å². The highest BCUT2D eigenvalue weighted by Crippen LogP contribution is 2.32. The van der Waals surface area contributed by atoms with Gasteiger partial charge in [-0.2, -0.15) is 0 Å². The predicted molar refractivity (Wildman–Crippen MR) is 164 cm³/mol. The minimum atomic E-state index is -0.0265. The zero-order valence-corrected chi connectivity index (χ0v) is 25.5. The predicted octanol–water partition coefficient (Wildman–Crippen LogP) is 4.68. The summed E-state index contributed by atoms with van der Waals surface area (Å²) in [4.78, 5) is 0. The molecular weight excluding hydrogens is 556 g/mol. The van der Waals surface area contributed by atoms with E-state index in [1.54, 1.807) is 0 Å². The highest BCUT2D eigenvalue weighted by molar-refractivity contribution is 5.86. The molecule has 0 amide bonds. The number of allylic oxidation sites excluding steroid dienone is 2. The molecule has 0 saturated heterocycles. The summed E-state index contributed by atoms with van der Waals surface area (Å²) in [7, 11) is 0. The Morgan fingerprint density at radius 3 is 1.35 bits per heavy atom. The third-order valence-corrected chi connectivity index (χ3v) is 6.15. The summed E-state index contributed by atoms with van der Waals surface area (Å²) in [5.74, 6) is 2.75. The summed E-state index contributed by atoms with van der Waals surface area (Å²) in [6.07, 6.45) is 6.80. The molecule has 1 aliphatic rings. The summed E-state index contributed by atoms with van der Waals surface area (Å²) in [5, 5.41) is 11.1. The van der Waals surface area contributed by atoms with Crippen molar-refractivity contribution in [2.75, 3.05) is 99.1 Å². The molecule has 0 aromatic heterocycles. The van der Waals surface area contributed by atoms with Crippen LogP contribution in [-0.4, -0.2) is 104 Å². The van der Waals surface area contributed by atoms with Crippen LogP contribution in [0.5, 0.6) is 11.5 Å². The van der Waals surface area contributed by atoms with E-state index >= 15 is 0 Å². The fraction of sp³-hybridized carbons (Fsp3) is 0.576. The van der Waals surface area contributed by atoms with Gasteiger partial charge in [-0.25, -0.2) is 0 Å². The Morgan fingerprint density at radius 2 is 0.907 bits per heavy atom. The Balaban J connectivity index is 1.22. The monoisotopic (exact) mass is 604 g/mol. The van der Waals surface area contributed by atoms with Crippen molar-refractivity contribution in [3.8, 4) is 11.5 Å². The van der Waals surface area contributed by atoms with E-state index in [0.29, 0.717) is 102 Å². The first-order valence-corrected chi connectivity index (χ1v) is 15.3. The van der Waals surface area contributed by atoms with Gasteiger partial charge in [-0.15, -0.1) is 0 Å². The molecule has 2 aromatic carbocycles. The average molecular weight is 605 g/mol. The highest BCUT2D eigenvalue weighted by Gasteiger charge is 2.12. The maximum atomic E-state index is 8.94. The van der Waals surface area contributed by atoms with Crippen LogP contribution in [0.2, 0.25) is 0 Å². The molecular formula is C33H48O10. The molecule has 0 radical (unpaired) electrons.